The highest BCUT2D eigenvalue weighted by Crippen LogP contribution is 2.41. The van der Waals surface area contributed by atoms with Crippen LogP contribution in [0.25, 0.3) is 122 Å². The second kappa shape index (κ2) is 17.5. The van der Waals surface area contributed by atoms with E-state index in [1.54, 1.807) is 0 Å². The van der Waals surface area contributed by atoms with Crippen molar-refractivity contribution in [3.05, 3.63) is 266 Å². The van der Waals surface area contributed by atoms with Crippen molar-refractivity contribution in [3.63, 3.8) is 0 Å². The molecule has 0 radical (unpaired) electrons. The molecule has 13 aromatic rings. The van der Waals surface area contributed by atoms with Crippen LogP contribution in [0.1, 0.15) is 11.1 Å². The fraction of sp³-hybridized carbons (Fsp3) is 0. The summed E-state index contributed by atoms with van der Waals surface area (Å²) in [5.74, 6) is 0. The number of nitrogens with zero attached hydrogens (tertiary/aromatic N) is 4. The molecule has 0 unspecified atom stereocenters. The van der Waals surface area contributed by atoms with Crippen molar-refractivity contribution < 1.29 is 0 Å². The third-order valence-corrected chi connectivity index (χ3v) is 14.1. The third-order valence-electron chi connectivity index (χ3n) is 14.1. The Morgan fingerprint density at radius 1 is 0.222 bits per heavy atom. The van der Waals surface area contributed by atoms with E-state index in [1.807, 2.05) is 60.7 Å². The highest BCUT2D eigenvalue weighted by Gasteiger charge is 2.18. The maximum atomic E-state index is 10.1. The zero-order valence-electron chi connectivity index (χ0n) is 39.0. The maximum absolute atomic E-state index is 10.1. The molecule has 0 N–H and O–H groups in total. The molecular formula is C68H42N4. The lowest BCUT2D eigenvalue weighted by Gasteiger charge is -2.10. The molecule has 0 atom stereocenters. The van der Waals surface area contributed by atoms with Crippen LogP contribution in [0.4, 0.5) is 0 Å². The zero-order valence-corrected chi connectivity index (χ0v) is 39.0. The van der Waals surface area contributed by atoms with E-state index < -0.39 is 0 Å². The van der Waals surface area contributed by atoms with Gasteiger partial charge in [0.25, 0.3) is 0 Å². The van der Waals surface area contributed by atoms with Gasteiger partial charge in [0.1, 0.15) is 0 Å². The van der Waals surface area contributed by atoms with E-state index in [-0.39, 0.29) is 0 Å². The van der Waals surface area contributed by atoms with Crippen LogP contribution >= 0.6 is 0 Å². The van der Waals surface area contributed by atoms with Crippen molar-refractivity contribution in [2.75, 3.05) is 0 Å². The molecule has 4 nitrogen and oxygen atoms in total. The number of benzene rings is 11. The molecule has 11 aromatic carbocycles. The van der Waals surface area contributed by atoms with Gasteiger partial charge < -0.3 is 9.13 Å². The van der Waals surface area contributed by atoms with Crippen molar-refractivity contribution in [2.45, 2.75) is 0 Å². The summed E-state index contributed by atoms with van der Waals surface area (Å²) in [6, 6.07) is 94.7. The average Bonchev–Trinajstić information content (AvgIpc) is 3.97. The van der Waals surface area contributed by atoms with Crippen molar-refractivity contribution in [3.8, 4) is 90.3 Å². The molecule has 0 fully saturated rings. The third kappa shape index (κ3) is 7.40. The summed E-state index contributed by atoms with van der Waals surface area (Å²) < 4.78 is 4.70. The monoisotopic (exact) mass is 914 g/mol. The largest absolute Gasteiger partial charge is 0.309 e. The van der Waals surface area contributed by atoms with Crippen LogP contribution in [0.15, 0.2) is 255 Å². The molecule has 2 heterocycles. The molecule has 0 saturated carbocycles. The van der Waals surface area contributed by atoms with Gasteiger partial charge in [-0.3, -0.25) is 0 Å². The maximum Gasteiger partial charge on any atom is 0.0992 e. The molecule has 2 aromatic heterocycles. The van der Waals surface area contributed by atoms with E-state index in [4.69, 9.17) is 0 Å². The molecule has 0 saturated heterocycles. The van der Waals surface area contributed by atoms with Gasteiger partial charge in [-0.15, -0.1) is 0 Å². The van der Waals surface area contributed by atoms with Gasteiger partial charge in [-0.1, -0.05) is 146 Å². The van der Waals surface area contributed by atoms with Crippen molar-refractivity contribution in [1.29, 1.82) is 10.5 Å². The van der Waals surface area contributed by atoms with E-state index in [2.05, 4.69) is 215 Å². The SMILES string of the molecule is N#Cc1cc(-c2ccccc2)cc(-c2ccc3c(c2)c2cc(-c4ccc(-c5ccc6c(c5)c5cc(-c7cc(C#N)cc(-c8ccccc8)c7)ccc5n6-c5ccccc5)cc4)ccc2n3-c2ccccc2)c1. The Balaban J connectivity index is 0.905. The smallest absolute Gasteiger partial charge is 0.0992 e. The summed E-state index contributed by atoms with van der Waals surface area (Å²) >= 11 is 0. The fourth-order valence-electron chi connectivity index (χ4n) is 10.6. The molecule has 0 spiro atoms. The molecule has 0 amide bonds. The predicted octanol–water partition coefficient (Wildman–Crippen LogP) is 17.6. The standard InChI is InChI=1S/C68H42N4/c69-43-45-33-55(47-13-5-1-6-14-47)37-57(35-45)53-27-31-67-63(41-53)61-39-51(25-29-65(61)71(67)59-17-9-3-10-18-59)49-21-23-50(24-22-49)52-26-30-66-62(40-52)64-42-54(28-32-68(64)72(66)60-19-11-4-12-20-60)58-36-46(44-70)34-56(38-58)48-15-7-2-8-16-48/h1-42H. The predicted molar refractivity (Wildman–Crippen MR) is 297 cm³/mol. The highest BCUT2D eigenvalue weighted by atomic mass is 15.0. The number of aromatic nitrogens is 2. The Morgan fingerprint density at radius 3 is 0.778 bits per heavy atom. The number of hydrogen-bond acceptors (Lipinski definition) is 2. The Kier molecular flexibility index (Phi) is 10.2. The van der Waals surface area contributed by atoms with Crippen molar-refractivity contribution in [1.82, 2.24) is 9.13 Å². The van der Waals surface area contributed by atoms with Gasteiger partial charge in [-0.25, -0.2) is 0 Å². The van der Waals surface area contributed by atoms with Crippen LogP contribution in [0, 0.1) is 22.7 Å². The van der Waals surface area contributed by atoms with E-state index >= 15 is 0 Å². The topological polar surface area (TPSA) is 57.4 Å². The molecule has 0 aliphatic carbocycles. The van der Waals surface area contributed by atoms with Gasteiger partial charge in [0.2, 0.25) is 0 Å². The summed E-state index contributed by atoms with van der Waals surface area (Å²) in [6.45, 7) is 0. The van der Waals surface area contributed by atoms with Gasteiger partial charge in [-0.05, 0) is 176 Å². The Hall–Kier alpha value is -10.0. The van der Waals surface area contributed by atoms with Crippen LogP contribution in [-0.2, 0) is 0 Å². The van der Waals surface area contributed by atoms with Crippen LogP contribution in [0.3, 0.4) is 0 Å². The number of nitriles is 2. The van der Waals surface area contributed by atoms with Crippen LogP contribution in [0.2, 0.25) is 0 Å². The van der Waals surface area contributed by atoms with Crippen molar-refractivity contribution >= 4 is 43.6 Å². The number of fused-ring (bicyclic) bond motifs is 6. The Bertz CT molecular complexity index is 4020. The highest BCUT2D eigenvalue weighted by molar-refractivity contribution is 6.13. The minimum Gasteiger partial charge on any atom is -0.309 e. The first kappa shape index (κ1) is 42.1. The van der Waals surface area contributed by atoms with Gasteiger partial charge >= 0.3 is 0 Å². The number of para-hydroxylation sites is 2. The lowest BCUT2D eigenvalue weighted by molar-refractivity contribution is 1.18. The Morgan fingerprint density at radius 2 is 0.472 bits per heavy atom. The quantitative estimate of drug-likeness (QED) is 0.152. The van der Waals surface area contributed by atoms with Crippen molar-refractivity contribution in [2.24, 2.45) is 0 Å². The molecular weight excluding hydrogens is 873 g/mol. The second-order valence-electron chi connectivity index (χ2n) is 18.4. The van der Waals surface area contributed by atoms with E-state index in [9.17, 15) is 10.5 Å². The lowest BCUT2D eigenvalue weighted by atomic mass is 9.95. The molecule has 4 heteroatoms. The zero-order chi connectivity index (χ0) is 48.1. The lowest BCUT2D eigenvalue weighted by Crippen LogP contribution is -1.93. The van der Waals surface area contributed by atoms with Gasteiger partial charge in [0.05, 0.1) is 45.3 Å². The first-order valence-electron chi connectivity index (χ1n) is 24.2. The summed E-state index contributed by atoms with van der Waals surface area (Å²) in [5, 5.41) is 24.8. The van der Waals surface area contributed by atoms with Crippen LogP contribution in [-0.4, -0.2) is 9.13 Å². The number of rotatable bonds is 8. The summed E-state index contributed by atoms with van der Waals surface area (Å²) in [7, 11) is 0. The fourth-order valence-corrected chi connectivity index (χ4v) is 10.6. The van der Waals surface area contributed by atoms with Crippen LogP contribution in [0.5, 0.6) is 0 Å². The normalized spacial score (nSPS) is 11.3. The van der Waals surface area contributed by atoms with Gasteiger partial charge in [-0.2, -0.15) is 10.5 Å². The molecule has 0 aliphatic heterocycles. The molecule has 334 valence electrons. The average molecular weight is 915 g/mol. The van der Waals surface area contributed by atoms with E-state index in [1.165, 1.54) is 0 Å². The minimum absolute atomic E-state index is 0.633. The molecule has 0 bridgehead atoms. The van der Waals surface area contributed by atoms with Gasteiger partial charge in [0, 0.05) is 32.9 Å². The molecule has 72 heavy (non-hydrogen) atoms. The second-order valence-corrected chi connectivity index (χ2v) is 18.4. The Labute approximate surface area is 417 Å². The minimum atomic E-state index is 0.633. The van der Waals surface area contributed by atoms with E-state index in [0.29, 0.717) is 11.1 Å². The van der Waals surface area contributed by atoms with Crippen LogP contribution < -0.4 is 0 Å². The molecule has 13 rings (SSSR count). The first-order valence-corrected chi connectivity index (χ1v) is 24.2. The summed E-state index contributed by atoms with van der Waals surface area (Å²) in [4.78, 5) is 0. The molecule has 0 aliphatic rings. The number of hydrogen-bond donors (Lipinski definition) is 0. The summed E-state index contributed by atoms with van der Waals surface area (Å²) in [5.41, 5.74) is 20.8. The first-order chi connectivity index (χ1) is 35.6. The summed E-state index contributed by atoms with van der Waals surface area (Å²) in [6.07, 6.45) is 0. The van der Waals surface area contributed by atoms with Gasteiger partial charge in [0.15, 0.2) is 0 Å². The van der Waals surface area contributed by atoms with E-state index in [0.717, 1.165) is 122 Å².